The zero-order chi connectivity index (χ0) is 20.7. The Kier molecular flexibility index (Phi) is 7.52. The largest absolute Gasteiger partial charge is 0.462 e. The number of rotatable bonds is 9. The van der Waals surface area contributed by atoms with E-state index in [2.05, 4.69) is 10.3 Å². The first kappa shape index (κ1) is 21.4. The summed E-state index contributed by atoms with van der Waals surface area (Å²) in [6, 6.07) is 7.39. The molecule has 7 nitrogen and oxygen atoms in total. The lowest BCUT2D eigenvalue weighted by molar-refractivity contribution is -0.117. The lowest BCUT2D eigenvalue weighted by atomic mass is 9.97. The van der Waals surface area contributed by atoms with E-state index in [-0.39, 0.29) is 17.9 Å². The topological polar surface area (TPSA) is 97.5 Å². The van der Waals surface area contributed by atoms with Gasteiger partial charge in [-0.05, 0) is 32.8 Å². The van der Waals surface area contributed by atoms with E-state index in [1.54, 1.807) is 21.0 Å². The quantitative estimate of drug-likeness (QED) is 0.299. The zero-order valence-electron chi connectivity index (χ0n) is 16.7. The van der Waals surface area contributed by atoms with Crippen LogP contribution in [0.15, 0.2) is 24.3 Å². The summed E-state index contributed by atoms with van der Waals surface area (Å²) in [4.78, 5) is 40.5. The van der Waals surface area contributed by atoms with Gasteiger partial charge in [-0.25, -0.2) is 4.79 Å². The number of ketones is 1. The molecule has 28 heavy (non-hydrogen) atoms. The van der Waals surface area contributed by atoms with Crippen LogP contribution in [-0.2, 0) is 14.3 Å². The van der Waals surface area contributed by atoms with Crippen LogP contribution < -0.4 is 5.32 Å². The number of esters is 1. The molecule has 2 rings (SSSR count). The first-order valence-electron chi connectivity index (χ1n) is 9.18. The van der Waals surface area contributed by atoms with Crippen LogP contribution in [0.1, 0.15) is 45.4 Å². The molecule has 0 saturated carbocycles. The Morgan fingerprint density at radius 2 is 1.79 bits per heavy atom. The van der Waals surface area contributed by atoms with Crippen molar-refractivity contribution in [1.29, 1.82) is 0 Å². The van der Waals surface area contributed by atoms with Crippen molar-refractivity contribution in [2.45, 2.75) is 27.2 Å². The van der Waals surface area contributed by atoms with Crippen LogP contribution in [0.3, 0.4) is 0 Å². The van der Waals surface area contributed by atoms with Gasteiger partial charge in [0.15, 0.2) is 0 Å². The molecule has 0 saturated heterocycles. The average molecular weight is 386 g/mol. The van der Waals surface area contributed by atoms with Gasteiger partial charge in [-0.2, -0.15) is 0 Å². The summed E-state index contributed by atoms with van der Waals surface area (Å²) in [6.07, 6.45) is 0.595. The number of aryl methyl sites for hydroxylation is 2. The Morgan fingerprint density at radius 3 is 2.39 bits per heavy atom. The van der Waals surface area contributed by atoms with Gasteiger partial charge in [-0.3, -0.25) is 9.59 Å². The number of aromatic amines is 1. The second-order valence-corrected chi connectivity index (χ2v) is 6.39. The van der Waals surface area contributed by atoms with Crippen LogP contribution in [-0.4, -0.2) is 49.5 Å². The highest BCUT2D eigenvalue weighted by Crippen LogP contribution is 2.31. The summed E-state index contributed by atoms with van der Waals surface area (Å²) < 4.78 is 10.1. The van der Waals surface area contributed by atoms with E-state index in [1.165, 1.54) is 0 Å². The Morgan fingerprint density at radius 1 is 1.11 bits per heavy atom. The number of hydrogen-bond donors (Lipinski definition) is 2. The van der Waals surface area contributed by atoms with E-state index in [9.17, 15) is 14.4 Å². The molecule has 7 heteroatoms. The highest BCUT2D eigenvalue weighted by Gasteiger charge is 2.29. The molecular formula is C21H26N2O5. The molecule has 1 heterocycles. The predicted octanol–water partition coefficient (Wildman–Crippen LogP) is 2.81. The highest BCUT2D eigenvalue weighted by molar-refractivity contribution is 6.43. The zero-order valence-corrected chi connectivity index (χ0v) is 16.7. The van der Waals surface area contributed by atoms with Gasteiger partial charge >= 0.3 is 5.97 Å². The number of Topliss-reactive ketones (excluding diaryl/α,β-unsaturated/α-hetero) is 1. The van der Waals surface area contributed by atoms with Gasteiger partial charge < -0.3 is 19.8 Å². The number of carbonyl (C=O) groups is 3. The van der Waals surface area contributed by atoms with Gasteiger partial charge in [0.2, 0.25) is 0 Å². The summed E-state index contributed by atoms with van der Waals surface area (Å²) >= 11 is 0. The third kappa shape index (κ3) is 4.86. The van der Waals surface area contributed by atoms with Crippen molar-refractivity contribution in [3.63, 3.8) is 0 Å². The molecule has 0 aliphatic rings. The van der Waals surface area contributed by atoms with Crippen molar-refractivity contribution in [1.82, 2.24) is 10.3 Å². The van der Waals surface area contributed by atoms with Gasteiger partial charge in [-0.1, -0.05) is 29.8 Å². The molecule has 0 fully saturated rings. The van der Waals surface area contributed by atoms with Crippen LogP contribution in [0.25, 0.3) is 11.1 Å². The molecule has 1 aromatic heterocycles. The van der Waals surface area contributed by atoms with Gasteiger partial charge in [0.25, 0.3) is 11.7 Å². The number of methoxy groups -OCH3 is 1. The van der Waals surface area contributed by atoms with Crippen LogP contribution in [0.5, 0.6) is 0 Å². The van der Waals surface area contributed by atoms with Crippen molar-refractivity contribution >= 4 is 17.7 Å². The third-order valence-corrected chi connectivity index (χ3v) is 4.25. The normalized spacial score (nSPS) is 10.6. The number of hydrogen-bond acceptors (Lipinski definition) is 5. The van der Waals surface area contributed by atoms with Crippen molar-refractivity contribution in [2.24, 2.45) is 0 Å². The molecule has 0 bridgehead atoms. The molecule has 0 unspecified atom stereocenters. The molecule has 2 N–H and O–H groups in total. The minimum absolute atomic E-state index is 0.0775. The standard InChI is InChI=1S/C21H26N2O5/c1-5-28-21(26)16-14(3)23-18(17(16)15-9-7-13(2)8-10-15)19(24)20(25)22-11-6-12-27-4/h7-10,23H,5-6,11-12H2,1-4H3,(H,22,25). The van der Waals surface area contributed by atoms with Crippen molar-refractivity contribution < 1.29 is 23.9 Å². The SMILES string of the molecule is CCOC(=O)c1c(C)[nH]c(C(=O)C(=O)NCCCOC)c1-c1ccc(C)cc1. The second-order valence-electron chi connectivity index (χ2n) is 6.39. The van der Waals surface area contributed by atoms with E-state index in [0.29, 0.717) is 36.4 Å². The van der Waals surface area contributed by atoms with E-state index >= 15 is 0 Å². The van der Waals surface area contributed by atoms with Gasteiger partial charge in [0.05, 0.1) is 12.2 Å². The minimum Gasteiger partial charge on any atom is -0.462 e. The van der Waals surface area contributed by atoms with E-state index < -0.39 is 17.7 Å². The molecule has 0 aliphatic heterocycles. The number of carbonyl (C=O) groups excluding carboxylic acids is 3. The fourth-order valence-electron chi connectivity index (χ4n) is 2.87. The first-order chi connectivity index (χ1) is 13.4. The fraction of sp³-hybridized carbons (Fsp3) is 0.381. The molecule has 1 aromatic carbocycles. The maximum atomic E-state index is 12.8. The molecular weight excluding hydrogens is 360 g/mol. The molecule has 150 valence electrons. The minimum atomic E-state index is -0.735. The average Bonchev–Trinajstić information content (AvgIpc) is 3.02. The van der Waals surface area contributed by atoms with Crippen molar-refractivity contribution in [3.8, 4) is 11.1 Å². The summed E-state index contributed by atoms with van der Waals surface area (Å²) in [5.41, 5.74) is 2.90. The Bertz CT molecular complexity index is 852. The number of aromatic nitrogens is 1. The second kappa shape index (κ2) is 9.85. The van der Waals surface area contributed by atoms with E-state index in [1.807, 2.05) is 31.2 Å². The molecule has 0 spiro atoms. The highest BCUT2D eigenvalue weighted by atomic mass is 16.5. The Hall–Kier alpha value is -2.93. The van der Waals surface area contributed by atoms with Crippen LogP contribution in [0, 0.1) is 13.8 Å². The van der Waals surface area contributed by atoms with Gasteiger partial charge in [0.1, 0.15) is 5.69 Å². The fourth-order valence-corrected chi connectivity index (χ4v) is 2.87. The summed E-state index contributed by atoms with van der Waals surface area (Å²) in [5, 5.41) is 2.58. The van der Waals surface area contributed by atoms with Crippen LogP contribution in [0.4, 0.5) is 0 Å². The van der Waals surface area contributed by atoms with E-state index in [4.69, 9.17) is 9.47 Å². The van der Waals surface area contributed by atoms with Crippen molar-refractivity contribution in [2.75, 3.05) is 26.9 Å². The predicted molar refractivity (Wildman–Crippen MR) is 105 cm³/mol. The molecule has 0 atom stereocenters. The van der Waals surface area contributed by atoms with Crippen LogP contribution in [0.2, 0.25) is 0 Å². The number of amides is 1. The molecule has 0 aliphatic carbocycles. The lowest BCUT2D eigenvalue weighted by Crippen LogP contribution is -2.32. The molecule has 0 radical (unpaired) electrons. The Balaban J connectivity index is 2.44. The first-order valence-corrected chi connectivity index (χ1v) is 9.18. The molecule has 2 aromatic rings. The summed E-state index contributed by atoms with van der Waals surface area (Å²) in [5.74, 6) is -2.00. The number of nitrogens with one attached hydrogen (secondary N) is 2. The summed E-state index contributed by atoms with van der Waals surface area (Å²) in [7, 11) is 1.57. The number of ether oxygens (including phenoxy) is 2. The maximum Gasteiger partial charge on any atom is 0.340 e. The Labute approximate surface area is 164 Å². The van der Waals surface area contributed by atoms with Gasteiger partial charge in [0, 0.05) is 31.5 Å². The molecule has 1 amide bonds. The van der Waals surface area contributed by atoms with Gasteiger partial charge in [-0.15, -0.1) is 0 Å². The smallest absolute Gasteiger partial charge is 0.340 e. The van der Waals surface area contributed by atoms with Crippen LogP contribution >= 0.6 is 0 Å². The van der Waals surface area contributed by atoms with E-state index in [0.717, 1.165) is 5.56 Å². The van der Waals surface area contributed by atoms with Crippen molar-refractivity contribution in [3.05, 3.63) is 46.8 Å². The number of H-pyrrole nitrogens is 1. The summed E-state index contributed by atoms with van der Waals surface area (Å²) in [6.45, 7) is 6.35. The monoisotopic (exact) mass is 386 g/mol. The maximum absolute atomic E-state index is 12.8. The third-order valence-electron chi connectivity index (χ3n) is 4.25. The number of benzene rings is 1. The lowest BCUT2D eigenvalue weighted by Gasteiger charge is -2.09.